The van der Waals surface area contributed by atoms with E-state index in [2.05, 4.69) is 38.7 Å². The van der Waals surface area contributed by atoms with Gasteiger partial charge in [-0.1, -0.05) is 43.4 Å². The van der Waals surface area contributed by atoms with Crippen molar-refractivity contribution < 1.29 is 28.9 Å². The Hall–Kier alpha value is -4.19. The number of hydrogen-bond acceptors (Lipinski definition) is 7. The van der Waals surface area contributed by atoms with Crippen LogP contribution in [0.1, 0.15) is 31.7 Å². The van der Waals surface area contributed by atoms with Gasteiger partial charge in [-0.2, -0.15) is 0 Å². The summed E-state index contributed by atoms with van der Waals surface area (Å²) < 4.78 is 19.4. The van der Waals surface area contributed by atoms with Crippen molar-refractivity contribution in [1.82, 2.24) is 9.47 Å². The average Bonchev–Trinajstić information content (AvgIpc) is 3.75. The van der Waals surface area contributed by atoms with Crippen LogP contribution in [0, 0.1) is 5.92 Å². The van der Waals surface area contributed by atoms with Crippen LogP contribution in [0.3, 0.4) is 0 Å². The molecule has 10 nitrogen and oxygen atoms in total. The van der Waals surface area contributed by atoms with Crippen molar-refractivity contribution in [3.8, 4) is 17.2 Å². The van der Waals surface area contributed by atoms with Gasteiger partial charge in [-0.05, 0) is 60.8 Å². The molecule has 3 aromatic rings. The molecule has 1 N–H and O–H groups in total. The zero-order chi connectivity index (χ0) is 34.4. The number of carbonyl (C=O) groups is 2. The highest BCUT2D eigenvalue weighted by atomic mass is 28.3. The standard InChI is InChI=1S/C37H45N3O7Si/c1-7-18-40-30-17-12-25(39-20-9-11-31(46-4)35(39)43)21-29(30)37(36(40)44)24(2)34(48(5,6)28-15-13-27(45-3)14-16-28)32(47-37)22-33(42)38-19-8-10-26(38)23-41/h7,9,11-17,20-21,24,26,32,34,41H,1,8,10,18-19,22-23H2,2-6H3/t24-,26-,32+,34-,37+/m0/s1. The summed E-state index contributed by atoms with van der Waals surface area (Å²) in [6, 6.07) is 16.8. The number of aliphatic hydroxyl groups is 1. The van der Waals surface area contributed by atoms with E-state index in [-0.39, 0.29) is 60.2 Å². The van der Waals surface area contributed by atoms with Crippen molar-refractivity contribution in [2.24, 2.45) is 5.92 Å². The minimum Gasteiger partial charge on any atom is -0.497 e. The first kappa shape index (κ1) is 33.7. The van der Waals surface area contributed by atoms with E-state index < -0.39 is 19.8 Å². The first-order valence-electron chi connectivity index (χ1n) is 16.6. The highest BCUT2D eigenvalue weighted by Crippen LogP contribution is 2.60. The number of methoxy groups -OCH3 is 2. The minimum atomic E-state index is -2.49. The molecule has 4 heterocycles. The molecule has 3 aliphatic heterocycles. The van der Waals surface area contributed by atoms with Gasteiger partial charge in [-0.3, -0.25) is 19.0 Å². The van der Waals surface area contributed by atoms with Crippen LogP contribution in [-0.2, 0) is 19.9 Å². The summed E-state index contributed by atoms with van der Waals surface area (Å²) in [5, 5.41) is 11.2. The van der Waals surface area contributed by atoms with E-state index >= 15 is 0 Å². The number of aliphatic hydroxyl groups excluding tert-OH is 1. The molecule has 1 aromatic heterocycles. The first-order chi connectivity index (χ1) is 23.0. The Balaban J connectivity index is 1.50. The van der Waals surface area contributed by atoms with E-state index in [1.165, 1.54) is 11.7 Å². The van der Waals surface area contributed by atoms with Crippen molar-refractivity contribution in [3.63, 3.8) is 0 Å². The Bertz CT molecular complexity index is 1770. The van der Waals surface area contributed by atoms with E-state index in [4.69, 9.17) is 14.2 Å². The molecule has 2 aromatic carbocycles. The van der Waals surface area contributed by atoms with E-state index in [0.717, 1.165) is 23.8 Å². The number of aromatic nitrogens is 1. The number of rotatable bonds is 10. The second kappa shape index (κ2) is 13.0. The molecule has 48 heavy (non-hydrogen) atoms. The van der Waals surface area contributed by atoms with Crippen molar-refractivity contribution in [2.75, 3.05) is 38.8 Å². The summed E-state index contributed by atoms with van der Waals surface area (Å²) in [5.41, 5.74) is 0.0781. The summed E-state index contributed by atoms with van der Waals surface area (Å²) in [7, 11) is 0.610. The number of benzene rings is 2. The number of nitrogens with zero attached hydrogens (tertiary/aromatic N) is 3. The van der Waals surface area contributed by atoms with Gasteiger partial charge < -0.3 is 29.1 Å². The topological polar surface area (TPSA) is 111 Å². The second-order valence-electron chi connectivity index (χ2n) is 13.6. The van der Waals surface area contributed by atoms with Crippen LogP contribution in [0.5, 0.6) is 11.5 Å². The summed E-state index contributed by atoms with van der Waals surface area (Å²) in [4.78, 5) is 45.6. The summed E-state index contributed by atoms with van der Waals surface area (Å²) in [6.45, 7) is 11.3. The van der Waals surface area contributed by atoms with Crippen LogP contribution in [0.15, 0.2) is 78.2 Å². The molecule has 2 fully saturated rings. The molecule has 2 saturated heterocycles. The van der Waals surface area contributed by atoms with E-state index in [1.807, 2.05) is 30.3 Å². The third-order valence-corrected chi connectivity index (χ3v) is 15.2. The highest BCUT2D eigenvalue weighted by molar-refractivity contribution is 6.91. The van der Waals surface area contributed by atoms with Gasteiger partial charge in [0.15, 0.2) is 11.4 Å². The fraction of sp³-hybridized carbons (Fsp3) is 0.432. The molecule has 2 amide bonds. The number of carbonyl (C=O) groups excluding carboxylic acids is 2. The van der Waals surface area contributed by atoms with Crippen LogP contribution in [0.4, 0.5) is 5.69 Å². The van der Waals surface area contributed by atoms with Gasteiger partial charge in [0.1, 0.15) is 5.75 Å². The van der Waals surface area contributed by atoms with Gasteiger partial charge >= 0.3 is 0 Å². The SMILES string of the molecule is C=CCN1C(=O)[C@]2(O[C@H](CC(=O)N3CCC[C@H]3CO)[C@@H]([Si](C)(C)c3ccc(OC)cc3)[C@@H]2C)c2cc(-n3cccc(OC)c3=O)ccc21. The lowest BCUT2D eigenvalue weighted by molar-refractivity contribution is -0.149. The van der Waals surface area contributed by atoms with Crippen LogP contribution in [-0.4, -0.2) is 80.5 Å². The molecule has 6 rings (SSSR count). The molecule has 0 bridgehead atoms. The van der Waals surface area contributed by atoms with Crippen molar-refractivity contribution in [3.05, 3.63) is 89.4 Å². The first-order valence-corrected chi connectivity index (χ1v) is 19.7. The maximum atomic E-state index is 14.8. The average molecular weight is 672 g/mol. The molecule has 5 atom stereocenters. The monoisotopic (exact) mass is 671 g/mol. The van der Waals surface area contributed by atoms with Gasteiger partial charge in [-0.15, -0.1) is 6.58 Å². The lowest BCUT2D eigenvalue weighted by atomic mass is 9.82. The molecule has 0 aliphatic carbocycles. The molecule has 0 radical (unpaired) electrons. The van der Waals surface area contributed by atoms with E-state index in [1.54, 1.807) is 41.3 Å². The molecular formula is C37H45N3O7Si. The maximum Gasteiger partial charge on any atom is 0.297 e. The number of pyridine rings is 1. The molecule has 254 valence electrons. The molecule has 11 heteroatoms. The minimum absolute atomic E-state index is 0.0735. The Morgan fingerprint density at radius 2 is 1.88 bits per heavy atom. The summed E-state index contributed by atoms with van der Waals surface area (Å²) in [6.07, 6.45) is 4.50. The highest BCUT2D eigenvalue weighted by Gasteiger charge is 2.66. The van der Waals surface area contributed by atoms with Crippen LogP contribution in [0.25, 0.3) is 5.69 Å². The third kappa shape index (κ3) is 5.28. The quantitative estimate of drug-likeness (QED) is 0.257. The number of hydrogen-bond donors (Lipinski definition) is 1. The Kier molecular flexibility index (Phi) is 9.14. The van der Waals surface area contributed by atoms with Gasteiger partial charge in [0.25, 0.3) is 11.5 Å². The molecule has 0 saturated carbocycles. The maximum absolute atomic E-state index is 14.8. The van der Waals surface area contributed by atoms with Crippen LogP contribution >= 0.6 is 0 Å². The smallest absolute Gasteiger partial charge is 0.297 e. The summed E-state index contributed by atoms with van der Waals surface area (Å²) >= 11 is 0. The van der Waals surface area contributed by atoms with Gasteiger partial charge in [-0.25, -0.2) is 0 Å². The van der Waals surface area contributed by atoms with Crippen molar-refractivity contribution >= 4 is 30.8 Å². The van der Waals surface area contributed by atoms with Gasteiger partial charge in [0, 0.05) is 36.5 Å². The number of anilines is 1. The number of fused-ring (bicyclic) bond motifs is 2. The van der Waals surface area contributed by atoms with Gasteiger partial charge in [0.05, 0.1) is 53.2 Å². The Morgan fingerprint density at radius 1 is 1.12 bits per heavy atom. The van der Waals surface area contributed by atoms with Crippen LogP contribution < -0.4 is 25.1 Å². The number of ether oxygens (including phenoxy) is 3. The number of likely N-dealkylation sites (tertiary alicyclic amines) is 1. The fourth-order valence-electron chi connectivity index (χ4n) is 8.44. The zero-order valence-electron chi connectivity index (χ0n) is 28.3. The molecular weight excluding hydrogens is 627 g/mol. The Morgan fingerprint density at radius 3 is 2.54 bits per heavy atom. The predicted octanol–water partition coefficient (Wildman–Crippen LogP) is 3.98. The zero-order valence-corrected chi connectivity index (χ0v) is 29.3. The lowest BCUT2D eigenvalue weighted by Gasteiger charge is -2.37. The number of amides is 2. The Labute approximate surface area is 282 Å². The normalized spacial score (nSPS) is 25.1. The molecule has 3 aliphatic rings. The molecule has 1 spiro atoms. The fourth-order valence-corrected chi connectivity index (χ4v) is 12.4. The molecule has 0 unspecified atom stereocenters. The van der Waals surface area contributed by atoms with Crippen molar-refractivity contribution in [1.29, 1.82) is 0 Å². The predicted molar refractivity (Wildman–Crippen MR) is 187 cm³/mol. The van der Waals surface area contributed by atoms with Crippen LogP contribution in [0.2, 0.25) is 18.6 Å². The largest absolute Gasteiger partial charge is 0.497 e. The van der Waals surface area contributed by atoms with Crippen molar-refractivity contribution in [2.45, 2.75) is 62.6 Å². The second-order valence-corrected chi connectivity index (χ2v) is 18.3. The van der Waals surface area contributed by atoms with E-state index in [9.17, 15) is 19.5 Å². The van der Waals surface area contributed by atoms with Gasteiger partial charge in [0.2, 0.25) is 5.91 Å². The summed E-state index contributed by atoms with van der Waals surface area (Å²) in [5.74, 6) is 0.359. The third-order valence-electron chi connectivity index (χ3n) is 10.8. The van der Waals surface area contributed by atoms with E-state index in [0.29, 0.717) is 23.5 Å². The lowest BCUT2D eigenvalue weighted by Crippen LogP contribution is -2.52.